The minimum atomic E-state index is -3.33. The maximum Gasteiger partial charge on any atom is 0.279 e. The van der Waals surface area contributed by atoms with Crippen LogP contribution in [0.2, 0.25) is 0 Å². The van der Waals surface area contributed by atoms with Crippen LogP contribution in [0, 0.1) is 0 Å². The molecule has 0 bridgehead atoms. The van der Waals surface area contributed by atoms with Gasteiger partial charge in [0.05, 0.1) is 0 Å². The van der Waals surface area contributed by atoms with Crippen molar-refractivity contribution in [1.29, 1.82) is 0 Å². The van der Waals surface area contributed by atoms with Gasteiger partial charge >= 0.3 is 0 Å². The molecule has 2 heterocycles. The summed E-state index contributed by atoms with van der Waals surface area (Å²) in [6, 6.07) is 1.93. The van der Waals surface area contributed by atoms with Gasteiger partial charge in [0.2, 0.25) is 0 Å². The lowest BCUT2D eigenvalue weighted by atomic mass is 10.2. The molecule has 1 N–H and O–H groups in total. The highest BCUT2D eigenvalue weighted by Crippen LogP contribution is 2.22. The van der Waals surface area contributed by atoms with E-state index in [9.17, 15) is 8.42 Å². The van der Waals surface area contributed by atoms with E-state index in [1.807, 2.05) is 11.4 Å². The maximum absolute atomic E-state index is 12.1. The van der Waals surface area contributed by atoms with Crippen LogP contribution in [0.5, 0.6) is 0 Å². The summed E-state index contributed by atoms with van der Waals surface area (Å²) in [7, 11) is -3.33. The van der Waals surface area contributed by atoms with Crippen molar-refractivity contribution >= 4 is 37.5 Å². The average molecular weight is 353 g/mol. The van der Waals surface area contributed by atoms with Gasteiger partial charge in [-0.15, -0.1) is 11.3 Å². The normalized spacial score (nSPS) is 18.7. The molecule has 0 amide bonds. The lowest BCUT2D eigenvalue weighted by Crippen LogP contribution is -2.40. The van der Waals surface area contributed by atoms with E-state index >= 15 is 0 Å². The van der Waals surface area contributed by atoms with Crippen molar-refractivity contribution < 1.29 is 8.42 Å². The topological polar surface area (TPSA) is 49.4 Å². The second kappa shape index (κ2) is 6.47. The van der Waals surface area contributed by atoms with Crippen molar-refractivity contribution in [1.82, 2.24) is 9.03 Å². The molecule has 0 aliphatic carbocycles. The van der Waals surface area contributed by atoms with Gasteiger partial charge in [0.1, 0.15) is 0 Å². The average Bonchev–Trinajstić information content (AvgIpc) is 2.59. The van der Waals surface area contributed by atoms with Crippen LogP contribution in [-0.4, -0.2) is 25.8 Å². The Kier molecular flexibility index (Phi) is 5.20. The SMILES string of the molecule is O=S(=O)(NCc1sccc1Br)N1CCCCCC1. The molecular formula is C11H17BrN2O2S2. The van der Waals surface area contributed by atoms with Gasteiger partial charge in [0, 0.05) is 29.0 Å². The number of nitrogens with zero attached hydrogens (tertiary/aromatic N) is 1. The van der Waals surface area contributed by atoms with Crippen LogP contribution in [-0.2, 0) is 16.8 Å². The Morgan fingerprint density at radius 2 is 1.94 bits per heavy atom. The molecule has 0 unspecified atom stereocenters. The molecule has 0 spiro atoms. The van der Waals surface area contributed by atoms with Gasteiger partial charge in [-0.05, 0) is 40.2 Å². The molecule has 0 aromatic carbocycles. The lowest BCUT2D eigenvalue weighted by molar-refractivity contribution is 0.415. The van der Waals surface area contributed by atoms with E-state index in [2.05, 4.69) is 20.7 Å². The molecule has 7 heteroatoms. The highest BCUT2D eigenvalue weighted by molar-refractivity contribution is 9.10. The van der Waals surface area contributed by atoms with E-state index in [-0.39, 0.29) is 0 Å². The zero-order valence-corrected chi connectivity index (χ0v) is 13.3. The van der Waals surface area contributed by atoms with E-state index < -0.39 is 10.2 Å². The smallest absolute Gasteiger partial charge is 0.197 e. The zero-order valence-electron chi connectivity index (χ0n) is 10.1. The van der Waals surface area contributed by atoms with E-state index in [1.165, 1.54) is 0 Å². The molecule has 1 saturated heterocycles. The summed E-state index contributed by atoms with van der Waals surface area (Å²) in [5.74, 6) is 0. The predicted molar refractivity (Wildman–Crippen MR) is 77.8 cm³/mol. The molecule has 0 radical (unpaired) electrons. The van der Waals surface area contributed by atoms with Crippen molar-refractivity contribution in [2.45, 2.75) is 32.2 Å². The number of hydrogen-bond acceptors (Lipinski definition) is 3. The summed E-state index contributed by atoms with van der Waals surface area (Å²) in [5.41, 5.74) is 0. The molecule has 1 fully saturated rings. The Hall–Kier alpha value is 0.0500. The minimum Gasteiger partial charge on any atom is -0.197 e. The third kappa shape index (κ3) is 3.77. The van der Waals surface area contributed by atoms with Gasteiger partial charge in [0.15, 0.2) is 0 Å². The van der Waals surface area contributed by atoms with Crippen LogP contribution < -0.4 is 4.72 Å². The minimum absolute atomic E-state index is 0.358. The molecular weight excluding hydrogens is 336 g/mol. The first kappa shape index (κ1) is 14.5. The van der Waals surface area contributed by atoms with E-state index in [1.54, 1.807) is 15.6 Å². The number of halogens is 1. The number of nitrogens with one attached hydrogen (secondary N) is 1. The fourth-order valence-corrected chi connectivity index (χ4v) is 4.75. The number of rotatable bonds is 4. The van der Waals surface area contributed by atoms with Gasteiger partial charge in [-0.3, -0.25) is 0 Å². The van der Waals surface area contributed by atoms with Gasteiger partial charge in [0.25, 0.3) is 10.2 Å². The first-order valence-corrected chi connectivity index (χ1v) is 9.17. The molecule has 2 rings (SSSR count). The van der Waals surface area contributed by atoms with Crippen molar-refractivity contribution in [3.8, 4) is 0 Å². The third-order valence-electron chi connectivity index (χ3n) is 3.01. The first-order chi connectivity index (χ1) is 8.59. The van der Waals surface area contributed by atoms with E-state index in [4.69, 9.17) is 0 Å². The highest BCUT2D eigenvalue weighted by atomic mass is 79.9. The van der Waals surface area contributed by atoms with Crippen molar-refractivity contribution in [2.24, 2.45) is 0 Å². The van der Waals surface area contributed by atoms with Crippen LogP contribution in [0.25, 0.3) is 0 Å². The number of hydrogen-bond donors (Lipinski definition) is 1. The van der Waals surface area contributed by atoms with Crippen LogP contribution in [0.15, 0.2) is 15.9 Å². The second-order valence-corrected chi connectivity index (χ2v) is 7.94. The summed E-state index contributed by atoms with van der Waals surface area (Å²) in [5, 5.41) is 1.94. The van der Waals surface area contributed by atoms with E-state index in [0.29, 0.717) is 19.6 Å². The molecule has 1 aromatic heterocycles. The van der Waals surface area contributed by atoms with Crippen LogP contribution in [0.4, 0.5) is 0 Å². The van der Waals surface area contributed by atoms with Crippen LogP contribution >= 0.6 is 27.3 Å². The largest absolute Gasteiger partial charge is 0.279 e. The fourth-order valence-electron chi connectivity index (χ4n) is 1.98. The Morgan fingerprint density at radius 3 is 2.50 bits per heavy atom. The molecule has 1 aliphatic heterocycles. The van der Waals surface area contributed by atoms with Gasteiger partial charge < -0.3 is 0 Å². The molecule has 4 nitrogen and oxygen atoms in total. The van der Waals surface area contributed by atoms with Crippen LogP contribution in [0.3, 0.4) is 0 Å². The Morgan fingerprint density at radius 1 is 1.28 bits per heavy atom. The first-order valence-electron chi connectivity index (χ1n) is 6.06. The van der Waals surface area contributed by atoms with Gasteiger partial charge in [-0.2, -0.15) is 17.4 Å². The maximum atomic E-state index is 12.1. The fraction of sp³-hybridized carbons (Fsp3) is 0.636. The molecule has 102 valence electrons. The summed E-state index contributed by atoms with van der Waals surface area (Å²) in [6.45, 7) is 1.64. The van der Waals surface area contributed by atoms with Crippen molar-refractivity contribution in [2.75, 3.05) is 13.1 Å². The summed E-state index contributed by atoms with van der Waals surface area (Å²) < 4.78 is 29.5. The molecule has 1 aromatic rings. The van der Waals surface area contributed by atoms with Gasteiger partial charge in [-0.1, -0.05) is 12.8 Å². The van der Waals surface area contributed by atoms with Crippen molar-refractivity contribution in [3.05, 3.63) is 20.8 Å². The molecule has 0 saturated carbocycles. The lowest BCUT2D eigenvalue weighted by Gasteiger charge is -2.20. The summed E-state index contributed by atoms with van der Waals surface area (Å²) in [6.07, 6.45) is 4.18. The third-order valence-corrected chi connectivity index (χ3v) is 6.49. The molecule has 1 aliphatic rings. The Bertz CT molecular complexity index is 479. The number of thiophene rings is 1. The quantitative estimate of drug-likeness (QED) is 0.905. The molecule has 18 heavy (non-hydrogen) atoms. The monoisotopic (exact) mass is 352 g/mol. The Labute approximate surface area is 121 Å². The van der Waals surface area contributed by atoms with Gasteiger partial charge in [-0.25, -0.2) is 0 Å². The molecule has 0 atom stereocenters. The Balaban J connectivity index is 1.96. The van der Waals surface area contributed by atoms with Crippen LogP contribution in [0.1, 0.15) is 30.6 Å². The summed E-state index contributed by atoms with van der Waals surface area (Å²) >= 11 is 4.95. The summed E-state index contributed by atoms with van der Waals surface area (Å²) in [4.78, 5) is 1.01. The zero-order chi connectivity index (χ0) is 13.0. The second-order valence-electron chi connectivity index (χ2n) is 4.33. The predicted octanol–water partition coefficient (Wildman–Crippen LogP) is 2.72. The van der Waals surface area contributed by atoms with Crippen molar-refractivity contribution in [3.63, 3.8) is 0 Å². The standard InChI is InChI=1S/C11H17BrN2O2S2/c12-10-5-8-17-11(10)9-13-18(15,16)14-6-3-1-2-4-7-14/h5,8,13H,1-4,6-7,9H2. The highest BCUT2D eigenvalue weighted by Gasteiger charge is 2.22. The van der Waals surface area contributed by atoms with E-state index in [0.717, 1.165) is 35.0 Å².